The topological polar surface area (TPSA) is 9.23 Å². The third-order valence-corrected chi connectivity index (χ3v) is 2.23. The molecule has 1 unspecified atom stereocenters. The van der Waals surface area contributed by atoms with Crippen molar-refractivity contribution in [1.29, 1.82) is 0 Å². The van der Waals surface area contributed by atoms with Gasteiger partial charge in [0, 0.05) is 6.61 Å². The van der Waals surface area contributed by atoms with Gasteiger partial charge in [0.15, 0.2) is 0 Å². The van der Waals surface area contributed by atoms with Gasteiger partial charge >= 0.3 is 0 Å². The van der Waals surface area contributed by atoms with Crippen LogP contribution < -0.4 is 0 Å². The molecule has 0 rings (SSSR count). The van der Waals surface area contributed by atoms with E-state index < -0.39 is 0 Å². The van der Waals surface area contributed by atoms with Crippen LogP contribution in [0.1, 0.15) is 27.7 Å². The van der Waals surface area contributed by atoms with Crippen LogP contribution in [-0.2, 0) is 4.43 Å². The van der Waals surface area contributed by atoms with Gasteiger partial charge in [-0.05, 0) is 11.3 Å². The maximum absolute atomic E-state index is 5.17. The highest BCUT2D eigenvalue weighted by molar-refractivity contribution is 5.97. The maximum atomic E-state index is 5.17. The van der Waals surface area contributed by atoms with Crippen LogP contribution in [0.5, 0.6) is 0 Å². The average molecular weight is 146 g/mol. The van der Waals surface area contributed by atoms with Crippen LogP contribution in [0.4, 0.5) is 0 Å². The largest absolute Gasteiger partial charge is 0.428 e. The molecule has 0 amide bonds. The van der Waals surface area contributed by atoms with E-state index in [0.717, 1.165) is 17.1 Å². The molecule has 9 heavy (non-hydrogen) atoms. The predicted octanol–water partition coefficient (Wildman–Crippen LogP) is 0.966. The van der Waals surface area contributed by atoms with E-state index in [1.54, 1.807) is 0 Å². The molecule has 0 saturated carbocycles. The van der Waals surface area contributed by atoms with Gasteiger partial charge in [-0.2, -0.15) is 0 Å². The molecular weight excluding hydrogens is 128 g/mol. The first-order chi connectivity index (χ1) is 3.98. The quantitative estimate of drug-likeness (QED) is 0.527. The monoisotopic (exact) mass is 146 g/mol. The summed E-state index contributed by atoms with van der Waals surface area (Å²) in [6.07, 6.45) is 0. The Kier molecular flexibility index (Phi) is 3.44. The molecule has 1 atom stereocenters. The van der Waals surface area contributed by atoms with E-state index in [4.69, 9.17) is 4.43 Å². The Morgan fingerprint density at radius 3 is 2.00 bits per heavy atom. The molecule has 0 bridgehead atoms. The third-order valence-electron chi connectivity index (χ3n) is 1.90. The third kappa shape index (κ3) is 3.70. The highest BCUT2D eigenvalue weighted by Crippen LogP contribution is 2.24. The summed E-state index contributed by atoms with van der Waals surface area (Å²) < 4.78 is 5.17. The molecule has 56 valence electrons. The molecule has 0 saturated heterocycles. The molecule has 0 spiro atoms. The molecule has 0 aromatic heterocycles. The molecule has 0 aliphatic carbocycles. The van der Waals surface area contributed by atoms with Gasteiger partial charge in [0.25, 0.3) is 0 Å². The number of hydrogen-bond acceptors (Lipinski definition) is 1. The minimum atomic E-state index is 0.407. The molecule has 0 N–H and O–H groups in total. The summed E-state index contributed by atoms with van der Waals surface area (Å²) in [5, 5.41) is 0. The summed E-state index contributed by atoms with van der Waals surface area (Å²) in [5.74, 6) is 0.676. The van der Waals surface area contributed by atoms with E-state index in [2.05, 4.69) is 27.7 Å². The van der Waals surface area contributed by atoms with Crippen molar-refractivity contribution in [1.82, 2.24) is 0 Å². The Balaban J connectivity index is 3.59. The van der Waals surface area contributed by atoms with Crippen molar-refractivity contribution in [3.63, 3.8) is 0 Å². The molecule has 0 heterocycles. The smallest absolute Gasteiger partial charge is 0.145 e. The van der Waals surface area contributed by atoms with Crippen molar-refractivity contribution in [2.45, 2.75) is 27.7 Å². The maximum Gasteiger partial charge on any atom is 0.145 e. The Morgan fingerprint density at radius 2 is 1.89 bits per heavy atom. The highest BCUT2D eigenvalue weighted by atomic mass is 28.2. The van der Waals surface area contributed by atoms with E-state index in [0.29, 0.717) is 11.3 Å². The fraction of sp³-hybridized carbons (Fsp3) is 1.00. The summed E-state index contributed by atoms with van der Waals surface area (Å²) in [5.41, 5.74) is 0.407. The molecular formula is C7H18OSi. The van der Waals surface area contributed by atoms with Crippen LogP contribution >= 0.6 is 0 Å². The van der Waals surface area contributed by atoms with Crippen LogP contribution in [0.15, 0.2) is 0 Å². The van der Waals surface area contributed by atoms with Gasteiger partial charge in [0.1, 0.15) is 10.5 Å². The van der Waals surface area contributed by atoms with Gasteiger partial charge < -0.3 is 4.43 Å². The van der Waals surface area contributed by atoms with Gasteiger partial charge in [-0.3, -0.25) is 0 Å². The molecule has 0 fully saturated rings. The number of rotatable bonds is 2. The minimum absolute atomic E-state index is 0.407. The summed E-state index contributed by atoms with van der Waals surface area (Å²) in [4.78, 5) is 0. The molecule has 0 aromatic carbocycles. The molecule has 1 nitrogen and oxygen atoms in total. The van der Waals surface area contributed by atoms with Crippen molar-refractivity contribution in [2.75, 3.05) is 6.61 Å². The first-order valence-electron chi connectivity index (χ1n) is 3.47. The fourth-order valence-electron chi connectivity index (χ4n) is 0.500. The predicted molar refractivity (Wildman–Crippen MR) is 44.5 cm³/mol. The van der Waals surface area contributed by atoms with Crippen LogP contribution in [0.3, 0.4) is 0 Å². The summed E-state index contributed by atoms with van der Waals surface area (Å²) >= 11 is 0. The zero-order valence-corrected chi connectivity index (χ0v) is 9.19. The standard InChI is InChI=1S/C7H18OSi/c1-6(5-8-9)7(2,3)4/h6H,5H2,1-4,9H3. The average Bonchev–Trinajstić information content (AvgIpc) is 1.64. The second-order valence-electron chi connectivity index (χ2n) is 3.72. The van der Waals surface area contributed by atoms with Crippen molar-refractivity contribution >= 4 is 10.5 Å². The lowest BCUT2D eigenvalue weighted by Gasteiger charge is -2.26. The van der Waals surface area contributed by atoms with Gasteiger partial charge in [0.05, 0.1) is 0 Å². The first-order valence-corrected chi connectivity index (χ1v) is 4.29. The minimum Gasteiger partial charge on any atom is -0.428 e. The zero-order valence-electron chi connectivity index (χ0n) is 7.19. The SMILES string of the molecule is CC(CO[SiH3])C(C)(C)C. The lowest BCUT2D eigenvalue weighted by molar-refractivity contribution is 0.170. The van der Waals surface area contributed by atoms with Crippen LogP contribution in [0.25, 0.3) is 0 Å². The summed E-state index contributed by atoms with van der Waals surface area (Å²) in [7, 11) is 0.871. The van der Waals surface area contributed by atoms with Gasteiger partial charge in [-0.1, -0.05) is 27.7 Å². The van der Waals surface area contributed by atoms with Gasteiger partial charge in [-0.25, -0.2) is 0 Å². The van der Waals surface area contributed by atoms with E-state index in [1.165, 1.54) is 0 Å². The molecule has 0 radical (unpaired) electrons. The molecule has 0 aliphatic heterocycles. The second-order valence-corrected chi connectivity index (χ2v) is 4.30. The lowest BCUT2D eigenvalue weighted by atomic mass is 9.83. The number of hydrogen-bond donors (Lipinski definition) is 0. The normalized spacial score (nSPS) is 16.0. The van der Waals surface area contributed by atoms with E-state index in [1.807, 2.05) is 0 Å². The first kappa shape index (κ1) is 9.18. The van der Waals surface area contributed by atoms with E-state index >= 15 is 0 Å². The summed E-state index contributed by atoms with van der Waals surface area (Å²) in [6, 6.07) is 0. The Labute approximate surface area is 61.3 Å². The summed E-state index contributed by atoms with van der Waals surface area (Å²) in [6.45, 7) is 9.91. The lowest BCUT2D eigenvalue weighted by Crippen LogP contribution is -2.21. The van der Waals surface area contributed by atoms with Gasteiger partial charge in [0.2, 0.25) is 0 Å². The van der Waals surface area contributed by atoms with Crippen molar-refractivity contribution < 1.29 is 4.43 Å². The van der Waals surface area contributed by atoms with E-state index in [9.17, 15) is 0 Å². The fourth-order valence-corrected chi connectivity index (χ4v) is 1.00. The van der Waals surface area contributed by atoms with Crippen LogP contribution in [-0.4, -0.2) is 17.1 Å². The Hall–Kier alpha value is 0.177. The highest BCUT2D eigenvalue weighted by Gasteiger charge is 2.18. The second kappa shape index (κ2) is 3.37. The van der Waals surface area contributed by atoms with Crippen molar-refractivity contribution in [3.8, 4) is 0 Å². The van der Waals surface area contributed by atoms with Crippen LogP contribution in [0, 0.1) is 11.3 Å². The van der Waals surface area contributed by atoms with Crippen molar-refractivity contribution in [3.05, 3.63) is 0 Å². The molecule has 0 aromatic rings. The zero-order chi connectivity index (χ0) is 7.49. The Bertz CT molecular complexity index is 75.5. The van der Waals surface area contributed by atoms with Crippen LogP contribution in [0.2, 0.25) is 0 Å². The van der Waals surface area contributed by atoms with E-state index in [-0.39, 0.29) is 0 Å². The molecule has 0 aliphatic rings. The molecule has 2 heteroatoms. The van der Waals surface area contributed by atoms with Gasteiger partial charge in [-0.15, -0.1) is 0 Å². The Morgan fingerprint density at radius 1 is 1.44 bits per heavy atom. The van der Waals surface area contributed by atoms with Crippen molar-refractivity contribution in [2.24, 2.45) is 11.3 Å².